The normalized spacial score (nSPS) is 12.0. The number of azo groups is 1. The van der Waals surface area contributed by atoms with Crippen molar-refractivity contribution in [3.8, 4) is 0 Å². The van der Waals surface area contributed by atoms with E-state index in [2.05, 4.69) is 31.0 Å². The maximum Gasteiger partial charge on any atom is 0.337 e. The van der Waals surface area contributed by atoms with Gasteiger partial charge in [0.2, 0.25) is 0 Å². The third-order valence-electron chi connectivity index (χ3n) is 4.06. The SMILES string of the molecule is COC(=O)c1cccc(N=Nc2c(C(C)(C)C)nc3c(C)cccn23)c1. The van der Waals surface area contributed by atoms with Crippen molar-refractivity contribution in [3.63, 3.8) is 0 Å². The molecular weight excluding hydrogens is 328 g/mol. The fourth-order valence-electron chi connectivity index (χ4n) is 2.71. The van der Waals surface area contributed by atoms with Crippen molar-refractivity contribution in [1.82, 2.24) is 9.38 Å². The highest BCUT2D eigenvalue weighted by Crippen LogP contribution is 2.33. The molecule has 6 heteroatoms. The Kier molecular flexibility index (Phi) is 4.59. The fraction of sp³-hybridized carbons (Fsp3) is 0.300. The average Bonchev–Trinajstić information content (AvgIpc) is 3.00. The van der Waals surface area contributed by atoms with Crippen LogP contribution in [0.1, 0.15) is 42.4 Å². The molecule has 0 N–H and O–H groups in total. The van der Waals surface area contributed by atoms with Crippen LogP contribution in [-0.4, -0.2) is 22.5 Å². The Hall–Kier alpha value is -3.02. The van der Waals surface area contributed by atoms with E-state index in [9.17, 15) is 4.79 Å². The van der Waals surface area contributed by atoms with E-state index in [1.54, 1.807) is 24.3 Å². The number of hydrogen-bond donors (Lipinski definition) is 0. The molecule has 1 aromatic carbocycles. The lowest BCUT2D eigenvalue weighted by Gasteiger charge is -2.15. The molecule has 0 aliphatic rings. The standard InChI is InChI=1S/C20H22N4O2/c1-13-8-7-11-24-17(13)21-16(20(2,3)4)18(24)23-22-15-10-6-9-14(12-15)19(25)26-5/h6-12H,1-5H3. The average molecular weight is 350 g/mol. The number of carbonyl (C=O) groups excluding carboxylic acids is 1. The van der Waals surface area contributed by atoms with Crippen molar-refractivity contribution in [2.24, 2.45) is 10.2 Å². The van der Waals surface area contributed by atoms with Gasteiger partial charge in [0.15, 0.2) is 5.82 Å². The number of aromatic nitrogens is 2. The van der Waals surface area contributed by atoms with Crippen LogP contribution in [-0.2, 0) is 10.2 Å². The molecule has 0 bridgehead atoms. The molecule has 0 atom stereocenters. The molecular formula is C20H22N4O2. The van der Waals surface area contributed by atoms with E-state index in [4.69, 9.17) is 9.72 Å². The number of pyridine rings is 1. The second kappa shape index (κ2) is 6.71. The Labute approximate surface area is 152 Å². The first-order valence-electron chi connectivity index (χ1n) is 8.39. The maximum atomic E-state index is 11.7. The summed E-state index contributed by atoms with van der Waals surface area (Å²) in [5, 5.41) is 8.81. The van der Waals surface area contributed by atoms with Crippen LogP contribution < -0.4 is 0 Å². The van der Waals surface area contributed by atoms with E-state index in [1.165, 1.54) is 7.11 Å². The van der Waals surface area contributed by atoms with E-state index >= 15 is 0 Å². The van der Waals surface area contributed by atoms with Gasteiger partial charge in [0.25, 0.3) is 0 Å². The number of carbonyl (C=O) groups is 1. The van der Waals surface area contributed by atoms with Crippen LogP contribution in [0, 0.1) is 6.92 Å². The van der Waals surface area contributed by atoms with Crippen molar-refractivity contribution >= 4 is 23.1 Å². The second-order valence-electron chi connectivity index (χ2n) is 7.16. The molecule has 0 saturated carbocycles. The minimum Gasteiger partial charge on any atom is -0.465 e. The number of benzene rings is 1. The van der Waals surface area contributed by atoms with Gasteiger partial charge in [-0.1, -0.05) is 32.9 Å². The number of ether oxygens (including phenoxy) is 1. The molecule has 3 aromatic rings. The van der Waals surface area contributed by atoms with Crippen molar-refractivity contribution in [2.75, 3.05) is 7.11 Å². The molecule has 0 aliphatic heterocycles. The van der Waals surface area contributed by atoms with Crippen molar-refractivity contribution in [3.05, 3.63) is 59.4 Å². The van der Waals surface area contributed by atoms with E-state index < -0.39 is 5.97 Å². The lowest BCUT2D eigenvalue weighted by Crippen LogP contribution is -2.11. The van der Waals surface area contributed by atoms with Crippen molar-refractivity contribution in [2.45, 2.75) is 33.1 Å². The molecule has 2 aromatic heterocycles. The van der Waals surface area contributed by atoms with Crippen LogP contribution in [0.5, 0.6) is 0 Å². The lowest BCUT2D eigenvalue weighted by molar-refractivity contribution is 0.0601. The predicted molar refractivity (Wildman–Crippen MR) is 101 cm³/mol. The number of imidazole rings is 1. The van der Waals surface area contributed by atoms with Gasteiger partial charge >= 0.3 is 5.97 Å². The zero-order valence-electron chi connectivity index (χ0n) is 15.6. The quantitative estimate of drug-likeness (QED) is 0.485. The highest BCUT2D eigenvalue weighted by Gasteiger charge is 2.24. The minimum absolute atomic E-state index is 0.180. The second-order valence-corrected chi connectivity index (χ2v) is 7.16. The number of esters is 1. The topological polar surface area (TPSA) is 68.3 Å². The van der Waals surface area contributed by atoms with Gasteiger partial charge in [-0.15, -0.1) is 10.2 Å². The number of methoxy groups -OCH3 is 1. The van der Waals surface area contributed by atoms with E-state index in [1.807, 2.05) is 29.7 Å². The Morgan fingerprint density at radius 3 is 2.62 bits per heavy atom. The first-order valence-corrected chi connectivity index (χ1v) is 8.39. The Morgan fingerprint density at radius 1 is 1.15 bits per heavy atom. The van der Waals surface area contributed by atoms with E-state index in [0.29, 0.717) is 17.1 Å². The summed E-state index contributed by atoms with van der Waals surface area (Å²) in [4.78, 5) is 16.5. The Bertz CT molecular complexity index is 997. The number of nitrogens with zero attached hydrogens (tertiary/aromatic N) is 4. The van der Waals surface area contributed by atoms with Crippen LogP contribution in [0.3, 0.4) is 0 Å². The molecule has 134 valence electrons. The van der Waals surface area contributed by atoms with Crippen molar-refractivity contribution < 1.29 is 9.53 Å². The van der Waals surface area contributed by atoms with Gasteiger partial charge in [0.1, 0.15) is 5.65 Å². The van der Waals surface area contributed by atoms with Gasteiger partial charge in [-0.25, -0.2) is 9.78 Å². The third kappa shape index (κ3) is 3.35. The summed E-state index contributed by atoms with van der Waals surface area (Å²) in [7, 11) is 1.35. The summed E-state index contributed by atoms with van der Waals surface area (Å²) in [5.41, 5.74) is 3.66. The largest absolute Gasteiger partial charge is 0.465 e. The third-order valence-corrected chi connectivity index (χ3v) is 4.06. The molecule has 0 aliphatic carbocycles. The Morgan fingerprint density at radius 2 is 1.92 bits per heavy atom. The monoisotopic (exact) mass is 350 g/mol. The molecule has 0 fully saturated rings. The highest BCUT2D eigenvalue weighted by molar-refractivity contribution is 5.90. The maximum absolute atomic E-state index is 11.7. The summed E-state index contributed by atoms with van der Waals surface area (Å²) in [5.74, 6) is 0.294. The molecule has 0 unspecified atom stereocenters. The predicted octanol–water partition coefficient (Wildman–Crippen LogP) is 5.14. The van der Waals surface area contributed by atoms with Crippen LogP contribution in [0.15, 0.2) is 52.8 Å². The summed E-state index contributed by atoms with van der Waals surface area (Å²) >= 11 is 0. The van der Waals surface area contributed by atoms with Gasteiger partial charge < -0.3 is 4.74 Å². The lowest BCUT2D eigenvalue weighted by atomic mass is 9.92. The van der Waals surface area contributed by atoms with Gasteiger partial charge in [-0.3, -0.25) is 4.40 Å². The summed E-state index contributed by atoms with van der Waals surface area (Å²) in [6, 6.07) is 10.9. The van der Waals surface area contributed by atoms with Crippen LogP contribution >= 0.6 is 0 Å². The van der Waals surface area contributed by atoms with Gasteiger partial charge in [-0.05, 0) is 36.8 Å². The van der Waals surface area contributed by atoms with Crippen LogP contribution in [0.2, 0.25) is 0 Å². The van der Waals surface area contributed by atoms with Crippen LogP contribution in [0.25, 0.3) is 5.65 Å². The molecule has 6 nitrogen and oxygen atoms in total. The van der Waals surface area contributed by atoms with E-state index in [0.717, 1.165) is 16.9 Å². The Balaban J connectivity index is 2.10. The number of fused-ring (bicyclic) bond motifs is 1. The molecule has 3 rings (SSSR count). The van der Waals surface area contributed by atoms with Gasteiger partial charge in [0, 0.05) is 11.6 Å². The molecule has 0 radical (unpaired) electrons. The molecule has 0 amide bonds. The van der Waals surface area contributed by atoms with E-state index in [-0.39, 0.29) is 5.41 Å². The van der Waals surface area contributed by atoms with Crippen molar-refractivity contribution in [1.29, 1.82) is 0 Å². The first kappa shape index (κ1) is 17.8. The molecule has 2 heterocycles. The highest BCUT2D eigenvalue weighted by atomic mass is 16.5. The summed E-state index contributed by atoms with van der Waals surface area (Å²) in [6.07, 6.45) is 1.93. The zero-order valence-corrected chi connectivity index (χ0v) is 15.6. The number of hydrogen-bond acceptors (Lipinski definition) is 5. The summed E-state index contributed by atoms with van der Waals surface area (Å²) in [6.45, 7) is 8.32. The first-order chi connectivity index (χ1) is 12.3. The zero-order chi connectivity index (χ0) is 18.9. The summed E-state index contributed by atoms with van der Waals surface area (Å²) < 4.78 is 6.70. The smallest absolute Gasteiger partial charge is 0.337 e. The molecule has 0 saturated heterocycles. The fourth-order valence-corrected chi connectivity index (χ4v) is 2.71. The molecule has 26 heavy (non-hydrogen) atoms. The number of rotatable bonds is 3. The van der Waals surface area contributed by atoms with Gasteiger partial charge in [0.05, 0.1) is 24.1 Å². The van der Waals surface area contributed by atoms with Crippen LogP contribution in [0.4, 0.5) is 11.5 Å². The number of aryl methyl sites for hydroxylation is 1. The molecule has 0 spiro atoms. The minimum atomic E-state index is -0.400. The van der Waals surface area contributed by atoms with Gasteiger partial charge in [-0.2, -0.15) is 0 Å².